The standard InChI is InChI=1S/C18H26N6O2/c1-11-9-23(17(25)26-18(2,3)4)7-8-24(11)16-13-14(12-5-6-12)21-22-15(13)19-10-20-16/h10-12H,5-9H2,1-4H3,(H,19,20,21,22)/t11-/m0/s1. The number of H-pyrrole nitrogens is 1. The monoisotopic (exact) mass is 358 g/mol. The van der Waals surface area contributed by atoms with E-state index in [2.05, 4.69) is 32.0 Å². The number of fused-ring (bicyclic) bond motifs is 1. The van der Waals surface area contributed by atoms with Gasteiger partial charge in [-0.05, 0) is 40.5 Å². The van der Waals surface area contributed by atoms with Gasteiger partial charge in [0.1, 0.15) is 17.7 Å². The number of hydrogen-bond donors (Lipinski definition) is 1. The van der Waals surface area contributed by atoms with Crippen LogP contribution >= 0.6 is 0 Å². The van der Waals surface area contributed by atoms with Crippen LogP contribution in [0.2, 0.25) is 0 Å². The van der Waals surface area contributed by atoms with Crippen LogP contribution < -0.4 is 4.90 Å². The van der Waals surface area contributed by atoms with Gasteiger partial charge in [-0.1, -0.05) is 0 Å². The number of aromatic nitrogens is 4. The maximum Gasteiger partial charge on any atom is 0.410 e. The van der Waals surface area contributed by atoms with Gasteiger partial charge in [-0.15, -0.1) is 0 Å². The summed E-state index contributed by atoms with van der Waals surface area (Å²) < 4.78 is 5.51. The molecule has 2 aromatic rings. The summed E-state index contributed by atoms with van der Waals surface area (Å²) in [5.41, 5.74) is 1.39. The Morgan fingerprint density at radius 1 is 1.27 bits per heavy atom. The zero-order chi connectivity index (χ0) is 18.5. The lowest BCUT2D eigenvalue weighted by molar-refractivity contribution is 0.0218. The largest absolute Gasteiger partial charge is 0.444 e. The molecule has 1 saturated carbocycles. The number of nitrogens with zero attached hydrogens (tertiary/aromatic N) is 5. The number of carbonyl (C=O) groups is 1. The molecule has 26 heavy (non-hydrogen) atoms. The minimum atomic E-state index is -0.480. The summed E-state index contributed by atoms with van der Waals surface area (Å²) in [5.74, 6) is 1.44. The van der Waals surface area contributed by atoms with Gasteiger partial charge >= 0.3 is 6.09 Å². The SMILES string of the molecule is C[C@H]1CN(C(=O)OC(C)(C)C)CCN1c1ncnc2[nH]nc(C3CC3)c12. The van der Waals surface area contributed by atoms with E-state index in [0.29, 0.717) is 25.6 Å². The molecule has 1 aliphatic heterocycles. The van der Waals surface area contributed by atoms with Crippen molar-refractivity contribution < 1.29 is 9.53 Å². The third kappa shape index (κ3) is 3.20. The smallest absolute Gasteiger partial charge is 0.410 e. The topological polar surface area (TPSA) is 87.2 Å². The average Bonchev–Trinajstić information content (AvgIpc) is 3.32. The fraction of sp³-hybridized carbons (Fsp3) is 0.667. The molecule has 1 amide bonds. The molecule has 0 aromatic carbocycles. The zero-order valence-electron chi connectivity index (χ0n) is 15.8. The molecule has 3 heterocycles. The van der Waals surface area contributed by atoms with E-state index in [1.165, 1.54) is 12.8 Å². The summed E-state index contributed by atoms with van der Waals surface area (Å²) >= 11 is 0. The van der Waals surface area contributed by atoms with Crippen molar-refractivity contribution in [2.45, 2.75) is 58.1 Å². The third-order valence-electron chi connectivity index (χ3n) is 4.88. The molecule has 8 heteroatoms. The van der Waals surface area contributed by atoms with Gasteiger partial charge in [-0.25, -0.2) is 14.8 Å². The number of aromatic amines is 1. The maximum absolute atomic E-state index is 12.4. The van der Waals surface area contributed by atoms with Crippen molar-refractivity contribution in [3.63, 3.8) is 0 Å². The first-order chi connectivity index (χ1) is 12.3. The predicted octanol–water partition coefficient (Wildman–Crippen LogP) is 2.68. The van der Waals surface area contributed by atoms with E-state index in [4.69, 9.17) is 4.74 Å². The lowest BCUT2D eigenvalue weighted by Crippen LogP contribution is -2.54. The minimum Gasteiger partial charge on any atom is -0.444 e. The number of carbonyl (C=O) groups excluding carboxylic acids is 1. The quantitative estimate of drug-likeness (QED) is 0.888. The average molecular weight is 358 g/mol. The van der Waals surface area contributed by atoms with E-state index in [1.807, 2.05) is 20.8 Å². The molecule has 0 bridgehead atoms. The van der Waals surface area contributed by atoms with Crippen LogP contribution in [0, 0.1) is 0 Å². The fourth-order valence-corrected chi connectivity index (χ4v) is 3.50. The first kappa shape index (κ1) is 17.1. The lowest BCUT2D eigenvalue weighted by atomic mass is 10.1. The van der Waals surface area contributed by atoms with Crippen molar-refractivity contribution in [3.05, 3.63) is 12.0 Å². The minimum absolute atomic E-state index is 0.135. The maximum atomic E-state index is 12.4. The van der Waals surface area contributed by atoms with Crippen molar-refractivity contribution in [2.24, 2.45) is 0 Å². The number of nitrogens with one attached hydrogen (secondary N) is 1. The molecule has 140 valence electrons. The Kier molecular flexibility index (Phi) is 4.00. The number of hydrogen-bond acceptors (Lipinski definition) is 6. The molecule has 0 unspecified atom stereocenters. The van der Waals surface area contributed by atoms with Crippen molar-refractivity contribution >= 4 is 22.9 Å². The van der Waals surface area contributed by atoms with Crippen LogP contribution in [-0.2, 0) is 4.74 Å². The normalized spacial score (nSPS) is 21.3. The Morgan fingerprint density at radius 3 is 2.69 bits per heavy atom. The summed E-state index contributed by atoms with van der Waals surface area (Å²) in [6, 6.07) is 0.135. The summed E-state index contributed by atoms with van der Waals surface area (Å²) in [5, 5.41) is 8.56. The molecule has 8 nitrogen and oxygen atoms in total. The highest BCUT2D eigenvalue weighted by Gasteiger charge is 2.34. The van der Waals surface area contributed by atoms with E-state index < -0.39 is 5.60 Å². The first-order valence-corrected chi connectivity index (χ1v) is 9.27. The molecular weight excluding hydrogens is 332 g/mol. The van der Waals surface area contributed by atoms with Gasteiger partial charge in [-0.2, -0.15) is 5.10 Å². The van der Waals surface area contributed by atoms with E-state index in [9.17, 15) is 4.79 Å². The van der Waals surface area contributed by atoms with Gasteiger partial charge in [0.25, 0.3) is 0 Å². The summed E-state index contributed by atoms with van der Waals surface area (Å²) in [6.45, 7) is 9.71. The summed E-state index contributed by atoms with van der Waals surface area (Å²) in [6.07, 6.45) is 3.69. The molecule has 1 atom stereocenters. The molecule has 1 aliphatic carbocycles. The van der Waals surface area contributed by atoms with E-state index in [-0.39, 0.29) is 12.1 Å². The predicted molar refractivity (Wildman–Crippen MR) is 98.3 cm³/mol. The Balaban J connectivity index is 1.56. The molecule has 4 rings (SSSR count). The number of rotatable bonds is 2. The van der Waals surface area contributed by atoms with Crippen LogP contribution in [-0.4, -0.2) is 62.4 Å². The van der Waals surface area contributed by atoms with E-state index in [0.717, 1.165) is 22.5 Å². The number of anilines is 1. The van der Waals surface area contributed by atoms with Crippen LogP contribution in [0.5, 0.6) is 0 Å². The van der Waals surface area contributed by atoms with Crippen molar-refractivity contribution in [1.82, 2.24) is 25.1 Å². The zero-order valence-corrected chi connectivity index (χ0v) is 15.8. The Hall–Kier alpha value is -2.38. The van der Waals surface area contributed by atoms with Crippen LogP contribution in [0.3, 0.4) is 0 Å². The first-order valence-electron chi connectivity index (χ1n) is 9.27. The second kappa shape index (κ2) is 6.10. The van der Waals surface area contributed by atoms with Gasteiger partial charge in [0.05, 0.1) is 11.1 Å². The Bertz CT molecular complexity index is 823. The van der Waals surface area contributed by atoms with Crippen LogP contribution in [0.4, 0.5) is 10.6 Å². The van der Waals surface area contributed by atoms with Gasteiger partial charge in [0.2, 0.25) is 0 Å². The summed E-state index contributed by atoms with van der Waals surface area (Å²) in [7, 11) is 0. The molecule has 2 fully saturated rings. The van der Waals surface area contributed by atoms with Crippen LogP contribution in [0.25, 0.3) is 11.0 Å². The van der Waals surface area contributed by atoms with Gasteiger partial charge in [0, 0.05) is 31.6 Å². The molecule has 2 aromatic heterocycles. The van der Waals surface area contributed by atoms with Gasteiger partial charge in [-0.3, -0.25) is 5.10 Å². The molecule has 0 radical (unpaired) electrons. The summed E-state index contributed by atoms with van der Waals surface area (Å²) in [4.78, 5) is 25.3. The Morgan fingerprint density at radius 2 is 2.04 bits per heavy atom. The number of amides is 1. The van der Waals surface area contributed by atoms with Crippen molar-refractivity contribution in [2.75, 3.05) is 24.5 Å². The van der Waals surface area contributed by atoms with E-state index >= 15 is 0 Å². The highest BCUT2D eigenvalue weighted by molar-refractivity contribution is 5.90. The lowest BCUT2D eigenvalue weighted by Gasteiger charge is -2.40. The number of ether oxygens (including phenoxy) is 1. The molecule has 1 N–H and O–H groups in total. The van der Waals surface area contributed by atoms with Crippen molar-refractivity contribution in [3.8, 4) is 0 Å². The van der Waals surface area contributed by atoms with Crippen LogP contribution in [0.1, 0.15) is 52.1 Å². The molecule has 1 saturated heterocycles. The number of piperazine rings is 1. The highest BCUT2D eigenvalue weighted by atomic mass is 16.6. The second-order valence-electron chi connectivity index (χ2n) is 8.27. The van der Waals surface area contributed by atoms with Gasteiger partial charge in [0.15, 0.2) is 5.65 Å². The van der Waals surface area contributed by atoms with Gasteiger partial charge < -0.3 is 14.5 Å². The Labute approximate surface area is 152 Å². The van der Waals surface area contributed by atoms with E-state index in [1.54, 1.807) is 11.2 Å². The third-order valence-corrected chi connectivity index (χ3v) is 4.88. The van der Waals surface area contributed by atoms with Crippen LogP contribution in [0.15, 0.2) is 6.33 Å². The highest BCUT2D eigenvalue weighted by Crippen LogP contribution is 2.43. The van der Waals surface area contributed by atoms with Crippen molar-refractivity contribution in [1.29, 1.82) is 0 Å². The second-order valence-corrected chi connectivity index (χ2v) is 8.27. The molecule has 0 spiro atoms. The molecular formula is C18H26N6O2. The molecule has 2 aliphatic rings. The fourth-order valence-electron chi connectivity index (χ4n) is 3.50.